The fourth-order valence-corrected chi connectivity index (χ4v) is 4.80. The highest BCUT2D eigenvalue weighted by Crippen LogP contribution is 2.32. The summed E-state index contributed by atoms with van der Waals surface area (Å²) in [7, 11) is 0. The van der Waals surface area contributed by atoms with Crippen LogP contribution in [0.2, 0.25) is 0 Å². The Morgan fingerprint density at radius 1 is 0.643 bits per heavy atom. The zero-order valence-electron chi connectivity index (χ0n) is 22.4. The normalized spacial score (nSPS) is 18.1. The number of piperidine rings is 1. The number of carboxylic acids is 3. The number of hydrogen-bond acceptors (Lipinski definition) is 8. The lowest BCUT2D eigenvalue weighted by molar-refractivity contribution is -0.187. The molecular weight excluding hydrogens is 546 g/mol. The van der Waals surface area contributed by atoms with E-state index >= 15 is 0 Å². The molecule has 0 saturated carbocycles. The summed E-state index contributed by atoms with van der Waals surface area (Å²) >= 11 is 0. The van der Waals surface area contributed by atoms with E-state index in [0.29, 0.717) is 0 Å². The number of carbonyl (C=O) groups excluding carboxylic acids is 2. The van der Waals surface area contributed by atoms with Gasteiger partial charge in [-0.15, -0.1) is 0 Å². The number of nitrogens with one attached hydrogen (secondary N) is 1. The minimum absolute atomic E-state index is 0.0775. The second-order valence-electron chi connectivity index (χ2n) is 9.70. The molecule has 1 fully saturated rings. The summed E-state index contributed by atoms with van der Waals surface area (Å²) in [6.07, 6.45) is 3.22. The van der Waals surface area contributed by atoms with Gasteiger partial charge in [0, 0.05) is 17.2 Å². The van der Waals surface area contributed by atoms with E-state index in [1.165, 1.54) is 36.4 Å². The summed E-state index contributed by atoms with van der Waals surface area (Å²) in [5.74, 6) is -9.17. The quantitative estimate of drug-likeness (QED) is 0.153. The number of carboxylic acid groups (broad SMARTS) is 3. The molecule has 2 unspecified atom stereocenters. The van der Waals surface area contributed by atoms with E-state index in [9.17, 15) is 49.5 Å². The van der Waals surface area contributed by atoms with Crippen molar-refractivity contribution in [1.29, 1.82) is 0 Å². The molecule has 4 atom stereocenters. The first-order valence-corrected chi connectivity index (χ1v) is 13.1. The highest BCUT2D eigenvalue weighted by atomic mass is 16.5. The Labute approximate surface area is 241 Å². The van der Waals surface area contributed by atoms with Gasteiger partial charge >= 0.3 is 17.9 Å². The summed E-state index contributed by atoms with van der Waals surface area (Å²) in [4.78, 5) is 59.9. The summed E-state index contributed by atoms with van der Waals surface area (Å²) in [5, 5.41) is 52.5. The van der Waals surface area contributed by atoms with E-state index in [0.717, 1.165) is 55.6 Å². The van der Waals surface area contributed by atoms with Crippen molar-refractivity contribution in [2.75, 3.05) is 6.54 Å². The number of Topliss-reactive ketones (excluding diaryl/α,β-unsaturated/α-hetero) is 2. The van der Waals surface area contributed by atoms with Crippen molar-refractivity contribution in [2.45, 2.75) is 42.4 Å². The molecular formula is C31H31NO10. The second-order valence-corrected chi connectivity index (χ2v) is 9.70. The van der Waals surface area contributed by atoms with E-state index in [4.69, 9.17) is 0 Å². The molecule has 6 N–H and O–H groups in total. The Morgan fingerprint density at radius 3 is 1.38 bits per heavy atom. The Balaban J connectivity index is 0.000000258. The molecule has 0 amide bonds. The maximum atomic E-state index is 12.6. The van der Waals surface area contributed by atoms with E-state index in [2.05, 4.69) is 5.32 Å². The van der Waals surface area contributed by atoms with Crippen LogP contribution < -0.4 is 5.32 Å². The third kappa shape index (κ3) is 6.44. The molecule has 0 aromatic heterocycles. The van der Waals surface area contributed by atoms with Crippen LogP contribution in [0.25, 0.3) is 0 Å². The third-order valence-electron chi connectivity index (χ3n) is 7.05. The molecule has 3 aromatic rings. The average Bonchev–Trinajstić information content (AvgIpc) is 3.01. The van der Waals surface area contributed by atoms with Gasteiger partial charge in [0.05, 0.1) is 5.92 Å². The van der Waals surface area contributed by atoms with Crippen LogP contribution in [0.1, 0.15) is 51.5 Å². The van der Waals surface area contributed by atoms with Gasteiger partial charge in [0.25, 0.3) is 11.2 Å². The molecule has 0 spiro atoms. The summed E-state index contributed by atoms with van der Waals surface area (Å²) in [5.41, 5.74) is -7.79. The van der Waals surface area contributed by atoms with Crippen LogP contribution >= 0.6 is 0 Å². The highest BCUT2D eigenvalue weighted by Gasteiger charge is 2.69. The first kappa shape index (κ1) is 31.8. The average molecular weight is 578 g/mol. The van der Waals surface area contributed by atoms with Gasteiger partial charge in [0.2, 0.25) is 11.6 Å². The monoisotopic (exact) mass is 577 g/mol. The van der Waals surface area contributed by atoms with Gasteiger partial charge in [0.15, 0.2) is 0 Å². The van der Waals surface area contributed by atoms with Gasteiger partial charge in [0.1, 0.15) is 0 Å². The fraction of sp³-hybridized carbons (Fsp3) is 0.258. The number of aliphatic carboxylic acids is 3. The number of aliphatic hydroxyl groups is 2. The van der Waals surface area contributed by atoms with Crippen molar-refractivity contribution in [1.82, 2.24) is 5.32 Å². The topological polar surface area (TPSA) is 199 Å². The Hall–Kier alpha value is -4.71. The number of carbonyl (C=O) groups is 5. The molecule has 0 aliphatic carbocycles. The van der Waals surface area contributed by atoms with Crippen LogP contribution in [0.5, 0.6) is 0 Å². The zero-order chi connectivity index (χ0) is 30.9. The van der Waals surface area contributed by atoms with Crippen LogP contribution in [0.4, 0.5) is 0 Å². The molecule has 11 heteroatoms. The maximum Gasteiger partial charge on any atom is 0.348 e. The van der Waals surface area contributed by atoms with Crippen LogP contribution in [0, 0.1) is 0 Å². The Kier molecular flexibility index (Phi) is 10.4. The molecule has 1 aliphatic heterocycles. The zero-order valence-corrected chi connectivity index (χ0v) is 22.4. The van der Waals surface area contributed by atoms with Crippen molar-refractivity contribution in [3.63, 3.8) is 0 Å². The van der Waals surface area contributed by atoms with Crippen molar-refractivity contribution in [3.8, 4) is 0 Å². The van der Waals surface area contributed by atoms with E-state index in [1.54, 1.807) is 0 Å². The summed E-state index contributed by atoms with van der Waals surface area (Å²) in [6.45, 7) is 0.932. The Morgan fingerprint density at radius 2 is 1.05 bits per heavy atom. The molecule has 1 aliphatic rings. The van der Waals surface area contributed by atoms with Crippen molar-refractivity contribution in [3.05, 3.63) is 108 Å². The lowest BCUT2D eigenvalue weighted by atomic mass is 9.73. The molecule has 1 saturated heterocycles. The van der Waals surface area contributed by atoms with Crippen LogP contribution in [0.3, 0.4) is 0 Å². The Bertz CT molecular complexity index is 1330. The van der Waals surface area contributed by atoms with Gasteiger partial charge in [-0.1, -0.05) is 97.4 Å². The predicted molar refractivity (Wildman–Crippen MR) is 149 cm³/mol. The van der Waals surface area contributed by atoms with E-state index < -0.39 is 57.7 Å². The summed E-state index contributed by atoms with van der Waals surface area (Å²) < 4.78 is 0. The van der Waals surface area contributed by atoms with Gasteiger partial charge in [-0.25, -0.2) is 9.59 Å². The molecule has 3 aromatic carbocycles. The molecule has 1 heterocycles. The van der Waals surface area contributed by atoms with Crippen molar-refractivity contribution in [2.24, 2.45) is 0 Å². The van der Waals surface area contributed by atoms with Gasteiger partial charge in [-0.2, -0.15) is 0 Å². The fourth-order valence-electron chi connectivity index (χ4n) is 4.80. The largest absolute Gasteiger partial charge is 0.481 e. The SMILES string of the molecule is O=C(O)C(O)(C(=O)c1ccccc1)C(O)(C(=O)O)C(=O)c1ccccc1.O=C(O)[C@H](c1ccccc1)[C@H]1CCCCN1. The number of hydrogen-bond donors (Lipinski definition) is 6. The van der Waals surface area contributed by atoms with Crippen molar-refractivity contribution >= 4 is 29.5 Å². The van der Waals surface area contributed by atoms with Crippen LogP contribution in [0.15, 0.2) is 91.0 Å². The molecule has 4 rings (SSSR count). The lowest BCUT2D eigenvalue weighted by Gasteiger charge is -2.34. The van der Waals surface area contributed by atoms with Gasteiger partial charge in [-0.3, -0.25) is 14.4 Å². The maximum absolute atomic E-state index is 12.6. The van der Waals surface area contributed by atoms with Crippen LogP contribution in [-0.2, 0) is 14.4 Å². The first-order valence-electron chi connectivity index (χ1n) is 13.1. The molecule has 220 valence electrons. The van der Waals surface area contributed by atoms with Crippen molar-refractivity contribution < 1.29 is 49.5 Å². The molecule has 42 heavy (non-hydrogen) atoms. The smallest absolute Gasteiger partial charge is 0.348 e. The van der Waals surface area contributed by atoms with Gasteiger partial charge in [-0.05, 0) is 24.9 Å². The first-order chi connectivity index (χ1) is 20.0. The summed E-state index contributed by atoms with van der Waals surface area (Å²) in [6, 6.07) is 22.4. The number of ketones is 2. The van der Waals surface area contributed by atoms with Gasteiger partial charge < -0.3 is 30.8 Å². The number of benzene rings is 3. The van der Waals surface area contributed by atoms with Crippen LogP contribution in [-0.4, -0.2) is 78.8 Å². The predicted octanol–water partition coefficient (Wildman–Crippen LogP) is 2.38. The van der Waals surface area contributed by atoms with E-state index in [-0.39, 0.29) is 6.04 Å². The lowest BCUT2D eigenvalue weighted by Crippen LogP contribution is -2.71. The minimum Gasteiger partial charge on any atom is -0.481 e. The minimum atomic E-state index is -3.95. The molecule has 11 nitrogen and oxygen atoms in total. The third-order valence-corrected chi connectivity index (χ3v) is 7.05. The molecule has 0 bridgehead atoms. The standard InChI is InChI=1S/C18H14O8.C13H17NO2/c19-13(11-7-3-1-4-8-11)17(25,15(21)22)18(26,16(23)24)14(20)12-9-5-2-6-10-12;15-13(16)12(10-6-2-1-3-7-10)11-8-4-5-9-14-11/h1-10,25-26H,(H,21,22)(H,23,24);1-3,6-7,11-12,14H,4-5,8-9H2,(H,15,16)/t;11-,12-/m.1/s1. The van der Waals surface area contributed by atoms with E-state index in [1.807, 2.05) is 30.3 Å². The number of rotatable bonds is 10. The second kappa shape index (κ2) is 13.8. The molecule has 0 radical (unpaired) electrons. The highest BCUT2D eigenvalue weighted by molar-refractivity contribution is 6.28.